The van der Waals surface area contributed by atoms with Crippen LogP contribution in [0.5, 0.6) is 0 Å². The van der Waals surface area contributed by atoms with Crippen molar-refractivity contribution < 1.29 is 18.5 Å². The fourth-order valence-electron chi connectivity index (χ4n) is 1.20. The predicted octanol–water partition coefficient (Wildman–Crippen LogP) is 3.34. The number of halogens is 3. The first kappa shape index (κ1) is 12.9. The number of nitro groups is 1. The smallest absolute Gasteiger partial charge is 0.293 e. The Morgan fingerprint density at radius 1 is 1.50 bits per heavy atom. The number of nitro benzene ring substituents is 1. The molecule has 7 heteroatoms. The summed E-state index contributed by atoms with van der Waals surface area (Å²) < 4.78 is 24.9. The number of nitrogens with zero attached hydrogens (tertiary/aromatic N) is 1. The van der Waals surface area contributed by atoms with Gasteiger partial charge in [0.2, 0.25) is 0 Å². The van der Waals surface area contributed by atoms with Gasteiger partial charge in [-0.1, -0.05) is 0 Å². The van der Waals surface area contributed by atoms with E-state index < -0.39 is 22.8 Å². The second-order valence-corrected chi connectivity index (χ2v) is 4.18. The molecule has 0 saturated carbocycles. The molecule has 0 bridgehead atoms. The van der Waals surface area contributed by atoms with E-state index in [0.29, 0.717) is 0 Å². The summed E-state index contributed by atoms with van der Waals surface area (Å²) in [6.07, 6.45) is -2.76. The van der Waals surface area contributed by atoms with Crippen molar-refractivity contribution in [1.29, 1.82) is 0 Å². The topological polar surface area (TPSA) is 60.2 Å². The third kappa shape index (κ3) is 2.52. The maximum Gasteiger partial charge on any atom is 0.293 e. The highest BCUT2D eigenvalue weighted by atomic mass is 127. The Morgan fingerprint density at radius 2 is 2.06 bits per heavy atom. The van der Waals surface area contributed by atoms with E-state index in [2.05, 4.69) is 0 Å². The summed E-state index contributed by atoms with van der Waals surface area (Å²) in [6, 6.07) is 1.88. The van der Waals surface area contributed by atoms with Gasteiger partial charge in [0, 0.05) is 5.56 Å². The quantitative estimate of drug-likeness (QED) is 0.367. The zero-order valence-electron chi connectivity index (χ0n) is 8.04. The lowest BCUT2D eigenvalue weighted by atomic mass is 10.1. The largest absolute Gasteiger partial charge is 0.294 e. The number of Topliss-reactive ketones (excluding diaryl/α,β-unsaturated/α-hetero) is 1. The first-order valence-corrected chi connectivity index (χ1v) is 5.19. The van der Waals surface area contributed by atoms with Crippen molar-refractivity contribution in [3.05, 3.63) is 36.9 Å². The second-order valence-electron chi connectivity index (χ2n) is 3.01. The van der Waals surface area contributed by atoms with Crippen LogP contribution in [0.4, 0.5) is 14.5 Å². The zero-order chi connectivity index (χ0) is 12.5. The van der Waals surface area contributed by atoms with Gasteiger partial charge in [-0.05, 0) is 41.6 Å². The van der Waals surface area contributed by atoms with Crippen LogP contribution in [0, 0.1) is 13.7 Å². The first-order chi connectivity index (χ1) is 7.34. The van der Waals surface area contributed by atoms with Crippen LogP contribution in [0.25, 0.3) is 0 Å². The standard InChI is InChI=1S/C9H6F2INO3/c1-4(14)6-2-5(9(10)11)3-7(12)8(6)13(15)16/h2-3,9H,1H3. The number of ketones is 1. The van der Waals surface area contributed by atoms with Crippen molar-refractivity contribution >= 4 is 34.1 Å². The van der Waals surface area contributed by atoms with Crippen molar-refractivity contribution in [2.75, 3.05) is 0 Å². The molecule has 0 heterocycles. The number of hydrogen-bond donors (Lipinski definition) is 0. The maximum absolute atomic E-state index is 12.4. The SMILES string of the molecule is CC(=O)c1cc(C(F)F)cc(I)c1[N+](=O)[O-]. The Hall–Kier alpha value is -1.12. The van der Waals surface area contributed by atoms with Crippen LogP contribution in [0.1, 0.15) is 29.3 Å². The van der Waals surface area contributed by atoms with Crippen LogP contribution in [-0.2, 0) is 0 Å². The fourth-order valence-corrected chi connectivity index (χ4v) is 2.05. The molecule has 1 aromatic rings. The molecule has 0 aliphatic rings. The van der Waals surface area contributed by atoms with Gasteiger partial charge in [0.15, 0.2) is 5.78 Å². The highest BCUT2D eigenvalue weighted by Gasteiger charge is 2.24. The second kappa shape index (κ2) is 4.81. The average Bonchev–Trinajstić information content (AvgIpc) is 2.15. The fraction of sp³-hybridized carbons (Fsp3) is 0.222. The zero-order valence-corrected chi connectivity index (χ0v) is 10.2. The van der Waals surface area contributed by atoms with Gasteiger partial charge in [0.25, 0.3) is 12.1 Å². The molecule has 1 aromatic carbocycles. The Labute approximate surface area is 103 Å². The molecule has 0 saturated heterocycles. The maximum atomic E-state index is 12.4. The van der Waals surface area contributed by atoms with Crippen LogP contribution in [-0.4, -0.2) is 10.7 Å². The van der Waals surface area contributed by atoms with Gasteiger partial charge in [-0.15, -0.1) is 0 Å². The predicted molar refractivity (Wildman–Crippen MR) is 60.8 cm³/mol. The lowest BCUT2D eigenvalue weighted by Crippen LogP contribution is -2.04. The molecule has 1 rings (SSSR count). The molecule has 16 heavy (non-hydrogen) atoms. The lowest BCUT2D eigenvalue weighted by Gasteiger charge is -2.05. The number of carbonyl (C=O) groups excluding carboxylic acids is 1. The molecule has 86 valence electrons. The Balaban J connectivity index is 3.52. The van der Waals surface area contributed by atoms with Crippen molar-refractivity contribution in [2.45, 2.75) is 13.3 Å². The third-order valence-electron chi connectivity index (χ3n) is 1.90. The highest BCUT2D eigenvalue weighted by Crippen LogP contribution is 2.31. The van der Waals surface area contributed by atoms with Gasteiger partial charge in [-0.3, -0.25) is 14.9 Å². The first-order valence-electron chi connectivity index (χ1n) is 4.11. The van der Waals surface area contributed by atoms with Gasteiger partial charge in [-0.2, -0.15) is 0 Å². The summed E-state index contributed by atoms with van der Waals surface area (Å²) in [6.45, 7) is 1.10. The van der Waals surface area contributed by atoms with E-state index in [1.807, 2.05) is 0 Å². The minimum absolute atomic E-state index is 0.0330. The molecule has 0 unspecified atom stereocenters. The van der Waals surface area contributed by atoms with Crippen molar-refractivity contribution in [3.8, 4) is 0 Å². The number of hydrogen-bond acceptors (Lipinski definition) is 3. The molecule has 0 aliphatic carbocycles. The van der Waals surface area contributed by atoms with E-state index in [9.17, 15) is 23.7 Å². The molecule has 0 aliphatic heterocycles. The van der Waals surface area contributed by atoms with E-state index in [1.165, 1.54) is 0 Å². The monoisotopic (exact) mass is 341 g/mol. The molecule has 0 atom stereocenters. The van der Waals surface area contributed by atoms with Gasteiger partial charge in [-0.25, -0.2) is 8.78 Å². The number of rotatable bonds is 3. The van der Waals surface area contributed by atoms with Gasteiger partial charge in [0.05, 0.1) is 14.1 Å². The Morgan fingerprint density at radius 3 is 2.44 bits per heavy atom. The number of alkyl halides is 2. The molecule has 0 fully saturated rings. The Bertz CT molecular complexity index is 462. The summed E-state index contributed by atoms with van der Waals surface area (Å²) in [5, 5.41) is 10.7. The van der Waals surface area contributed by atoms with Gasteiger partial charge < -0.3 is 0 Å². The molecule has 0 spiro atoms. The van der Waals surface area contributed by atoms with Gasteiger partial charge in [0.1, 0.15) is 0 Å². The summed E-state index contributed by atoms with van der Waals surface area (Å²) in [4.78, 5) is 21.1. The van der Waals surface area contributed by atoms with Crippen molar-refractivity contribution in [1.82, 2.24) is 0 Å². The van der Waals surface area contributed by atoms with Crippen LogP contribution in [0.3, 0.4) is 0 Å². The van der Waals surface area contributed by atoms with E-state index in [1.54, 1.807) is 22.6 Å². The summed E-state index contributed by atoms with van der Waals surface area (Å²) in [7, 11) is 0. The normalized spacial score (nSPS) is 10.6. The summed E-state index contributed by atoms with van der Waals surface area (Å²) >= 11 is 1.57. The Kier molecular flexibility index (Phi) is 3.89. The molecule has 0 amide bonds. The average molecular weight is 341 g/mol. The van der Waals surface area contributed by atoms with Crippen LogP contribution < -0.4 is 0 Å². The summed E-state index contributed by atoms with van der Waals surface area (Å²) in [5.41, 5.74) is -1.09. The van der Waals surface area contributed by atoms with E-state index in [0.717, 1.165) is 19.1 Å². The van der Waals surface area contributed by atoms with Gasteiger partial charge >= 0.3 is 0 Å². The minimum atomic E-state index is -2.76. The summed E-state index contributed by atoms with van der Waals surface area (Å²) in [5.74, 6) is -0.605. The minimum Gasteiger partial charge on any atom is -0.294 e. The highest BCUT2D eigenvalue weighted by molar-refractivity contribution is 14.1. The molecule has 0 aromatic heterocycles. The van der Waals surface area contributed by atoms with Crippen LogP contribution >= 0.6 is 22.6 Å². The lowest BCUT2D eigenvalue weighted by molar-refractivity contribution is -0.386. The molecule has 0 N–H and O–H groups in total. The molecular weight excluding hydrogens is 335 g/mol. The van der Waals surface area contributed by atoms with Crippen LogP contribution in [0.15, 0.2) is 12.1 Å². The molecular formula is C9H6F2INO3. The number of benzene rings is 1. The van der Waals surface area contributed by atoms with Crippen LogP contribution in [0.2, 0.25) is 0 Å². The van der Waals surface area contributed by atoms with Crippen molar-refractivity contribution in [2.24, 2.45) is 0 Å². The van der Waals surface area contributed by atoms with Crippen molar-refractivity contribution in [3.63, 3.8) is 0 Å². The third-order valence-corrected chi connectivity index (χ3v) is 2.72. The number of carbonyl (C=O) groups is 1. The van der Waals surface area contributed by atoms with E-state index in [4.69, 9.17) is 0 Å². The molecule has 0 radical (unpaired) electrons. The van der Waals surface area contributed by atoms with E-state index >= 15 is 0 Å². The van der Waals surface area contributed by atoms with E-state index in [-0.39, 0.29) is 14.7 Å². The molecule has 4 nitrogen and oxygen atoms in total.